The van der Waals surface area contributed by atoms with E-state index in [1.54, 1.807) is 0 Å². The van der Waals surface area contributed by atoms with Crippen LogP contribution in [0.25, 0.3) is 0 Å². The van der Waals surface area contributed by atoms with Crippen LogP contribution in [0.2, 0.25) is 0 Å². The number of carbonyl (C=O) groups is 1. The maximum atomic E-state index is 11.8. The van der Waals surface area contributed by atoms with Crippen LogP contribution in [0.5, 0.6) is 0 Å². The summed E-state index contributed by atoms with van der Waals surface area (Å²) in [6, 6.07) is 0. The van der Waals surface area contributed by atoms with Crippen LogP contribution >= 0.6 is 0 Å². The van der Waals surface area contributed by atoms with Crippen molar-refractivity contribution in [2.75, 3.05) is 32.8 Å². The quantitative estimate of drug-likeness (QED) is 0.0666. The summed E-state index contributed by atoms with van der Waals surface area (Å²) in [7, 11) is 0. The minimum absolute atomic E-state index is 0.0148. The molecule has 0 fully saturated rings. The number of carbonyl (C=O) groups excluding carboxylic acids is 1. The zero-order valence-corrected chi connectivity index (χ0v) is 28.1. The Balaban J connectivity index is 0. The van der Waals surface area contributed by atoms with Crippen LogP contribution in [0, 0.1) is 0 Å². The van der Waals surface area contributed by atoms with Crippen molar-refractivity contribution in [2.45, 2.75) is 195 Å². The first-order valence-electron chi connectivity index (χ1n) is 18.1. The molecule has 0 unspecified atom stereocenters. The molecule has 0 amide bonds. The Bertz CT molecular complexity index is 451. The molecule has 1 N–H and O–H groups in total. The van der Waals surface area contributed by atoms with E-state index in [1.807, 2.05) is 0 Å². The zero-order chi connectivity index (χ0) is 29.8. The molecule has 0 radical (unpaired) electrons. The van der Waals surface area contributed by atoms with E-state index in [0.717, 1.165) is 38.9 Å². The Morgan fingerprint density at radius 2 is 0.825 bits per heavy atom. The van der Waals surface area contributed by atoms with Gasteiger partial charge < -0.3 is 14.7 Å². The van der Waals surface area contributed by atoms with Gasteiger partial charge in [0.2, 0.25) is 0 Å². The minimum atomic E-state index is -0.0148. The van der Waals surface area contributed by atoms with Crippen molar-refractivity contribution in [1.29, 1.82) is 0 Å². The SMILES string of the molecule is CCCCCCCCC.CCCCCCCCCOC(=O)CCCCCCCN(CCO)CCCCCCCC. The van der Waals surface area contributed by atoms with Gasteiger partial charge in [-0.2, -0.15) is 0 Å². The van der Waals surface area contributed by atoms with Crippen molar-refractivity contribution >= 4 is 5.97 Å². The number of hydrogen-bond acceptors (Lipinski definition) is 4. The summed E-state index contributed by atoms with van der Waals surface area (Å²) in [6.45, 7) is 12.9. The van der Waals surface area contributed by atoms with Crippen molar-refractivity contribution in [2.24, 2.45) is 0 Å². The normalized spacial score (nSPS) is 11.1. The van der Waals surface area contributed by atoms with Gasteiger partial charge in [0.15, 0.2) is 0 Å². The van der Waals surface area contributed by atoms with E-state index in [1.165, 1.54) is 141 Å². The lowest BCUT2D eigenvalue weighted by atomic mass is 10.1. The van der Waals surface area contributed by atoms with Gasteiger partial charge in [-0.25, -0.2) is 0 Å². The van der Waals surface area contributed by atoms with Crippen LogP contribution in [0.15, 0.2) is 0 Å². The fourth-order valence-corrected chi connectivity index (χ4v) is 5.08. The zero-order valence-electron chi connectivity index (χ0n) is 28.1. The van der Waals surface area contributed by atoms with Gasteiger partial charge in [-0.05, 0) is 38.8 Å². The molecule has 0 aromatic heterocycles. The summed E-state index contributed by atoms with van der Waals surface area (Å²) >= 11 is 0. The number of aliphatic hydroxyl groups is 1. The van der Waals surface area contributed by atoms with Gasteiger partial charge in [-0.1, -0.05) is 163 Å². The third kappa shape index (κ3) is 37.4. The molecule has 0 atom stereocenters. The second kappa shape index (κ2) is 38.4. The summed E-state index contributed by atoms with van der Waals surface area (Å²) in [5, 5.41) is 9.28. The van der Waals surface area contributed by atoms with Crippen LogP contribution in [-0.2, 0) is 9.53 Å². The van der Waals surface area contributed by atoms with E-state index in [4.69, 9.17) is 4.74 Å². The number of unbranched alkanes of at least 4 members (excludes halogenated alkanes) is 21. The Kier molecular flexibility index (Phi) is 39.9. The summed E-state index contributed by atoms with van der Waals surface area (Å²) < 4.78 is 5.35. The Hall–Kier alpha value is -0.610. The van der Waals surface area contributed by atoms with Gasteiger partial charge in [0.05, 0.1) is 13.2 Å². The standard InChI is InChI=1S/C27H55NO3.C9H20/c1-3-5-7-9-11-16-20-26-31-27(30)21-17-13-12-15-19-23-28(24-25-29)22-18-14-10-8-6-4-2;1-3-5-7-9-8-6-4-2/h29H,3-26H2,1-2H3;3-9H2,1-2H3. The summed E-state index contributed by atoms with van der Waals surface area (Å²) in [5.41, 5.74) is 0. The molecule has 0 aromatic rings. The molecule has 0 aliphatic carbocycles. The van der Waals surface area contributed by atoms with Crippen LogP contribution in [-0.4, -0.2) is 48.8 Å². The fraction of sp³-hybridized carbons (Fsp3) is 0.972. The molecule has 40 heavy (non-hydrogen) atoms. The van der Waals surface area contributed by atoms with Crippen LogP contribution in [0.4, 0.5) is 0 Å². The molecule has 0 heterocycles. The molecule has 4 nitrogen and oxygen atoms in total. The highest BCUT2D eigenvalue weighted by Gasteiger charge is 2.05. The van der Waals surface area contributed by atoms with Crippen molar-refractivity contribution in [3.63, 3.8) is 0 Å². The lowest BCUT2D eigenvalue weighted by molar-refractivity contribution is -0.143. The Morgan fingerprint density at radius 1 is 0.475 bits per heavy atom. The first kappa shape index (κ1) is 41.5. The van der Waals surface area contributed by atoms with Crippen molar-refractivity contribution < 1.29 is 14.6 Å². The Labute approximate surface area is 252 Å². The first-order valence-corrected chi connectivity index (χ1v) is 18.1. The highest BCUT2D eigenvalue weighted by Crippen LogP contribution is 2.11. The third-order valence-electron chi connectivity index (χ3n) is 7.82. The van der Waals surface area contributed by atoms with E-state index in [0.29, 0.717) is 13.0 Å². The lowest BCUT2D eigenvalue weighted by Gasteiger charge is -2.21. The average Bonchev–Trinajstić information content (AvgIpc) is 2.96. The van der Waals surface area contributed by atoms with Crippen molar-refractivity contribution in [1.82, 2.24) is 4.90 Å². The molecule has 0 spiro atoms. The molecule has 0 aromatic carbocycles. The van der Waals surface area contributed by atoms with Crippen LogP contribution < -0.4 is 0 Å². The smallest absolute Gasteiger partial charge is 0.305 e. The molecule has 0 rings (SSSR count). The van der Waals surface area contributed by atoms with Gasteiger partial charge >= 0.3 is 5.97 Å². The number of nitrogens with zero attached hydrogens (tertiary/aromatic N) is 1. The maximum Gasteiger partial charge on any atom is 0.305 e. The monoisotopic (exact) mass is 570 g/mol. The van der Waals surface area contributed by atoms with E-state index in [2.05, 4.69) is 32.6 Å². The number of rotatable bonds is 31. The van der Waals surface area contributed by atoms with Gasteiger partial charge in [-0.3, -0.25) is 4.79 Å². The molecular weight excluding hydrogens is 494 g/mol. The molecule has 0 aliphatic rings. The van der Waals surface area contributed by atoms with Crippen LogP contribution in [0.1, 0.15) is 195 Å². The molecule has 0 aliphatic heterocycles. The van der Waals surface area contributed by atoms with Gasteiger partial charge in [0.25, 0.3) is 0 Å². The Morgan fingerprint density at radius 3 is 1.23 bits per heavy atom. The minimum Gasteiger partial charge on any atom is -0.466 e. The van der Waals surface area contributed by atoms with Gasteiger partial charge in [0.1, 0.15) is 0 Å². The van der Waals surface area contributed by atoms with Crippen LogP contribution in [0.3, 0.4) is 0 Å². The second-order valence-electron chi connectivity index (χ2n) is 12.0. The molecule has 242 valence electrons. The molecular formula is C36H75NO3. The third-order valence-corrected chi connectivity index (χ3v) is 7.82. The number of aliphatic hydroxyl groups excluding tert-OH is 1. The van der Waals surface area contributed by atoms with E-state index < -0.39 is 0 Å². The highest BCUT2D eigenvalue weighted by molar-refractivity contribution is 5.69. The maximum absolute atomic E-state index is 11.8. The topological polar surface area (TPSA) is 49.8 Å². The van der Waals surface area contributed by atoms with E-state index in [-0.39, 0.29) is 12.6 Å². The van der Waals surface area contributed by atoms with Crippen molar-refractivity contribution in [3.8, 4) is 0 Å². The molecule has 4 heteroatoms. The largest absolute Gasteiger partial charge is 0.466 e. The van der Waals surface area contributed by atoms with E-state index >= 15 is 0 Å². The highest BCUT2D eigenvalue weighted by atomic mass is 16.5. The molecule has 0 saturated heterocycles. The molecule has 0 saturated carbocycles. The number of hydrogen-bond donors (Lipinski definition) is 1. The van der Waals surface area contributed by atoms with Crippen molar-refractivity contribution in [3.05, 3.63) is 0 Å². The number of esters is 1. The van der Waals surface area contributed by atoms with E-state index in [9.17, 15) is 9.90 Å². The summed E-state index contributed by atoms with van der Waals surface area (Å²) in [4.78, 5) is 14.2. The molecule has 0 bridgehead atoms. The average molecular weight is 570 g/mol. The predicted octanol–water partition coefficient (Wildman–Crippen LogP) is 11.0. The lowest BCUT2D eigenvalue weighted by Crippen LogP contribution is -2.29. The second-order valence-corrected chi connectivity index (χ2v) is 12.0. The van der Waals surface area contributed by atoms with Gasteiger partial charge in [-0.15, -0.1) is 0 Å². The predicted molar refractivity (Wildman–Crippen MR) is 177 cm³/mol. The number of ether oxygens (including phenoxy) is 1. The fourth-order valence-electron chi connectivity index (χ4n) is 5.08. The summed E-state index contributed by atoms with van der Waals surface area (Å²) in [6.07, 6.45) is 32.9. The first-order chi connectivity index (χ1) is 19.7. The summed E-state index contributed by atoms with van der Waals surface area (Å²) in [5.74, 6) is -0.0148. The van der Waals surface area contributed by atoms with Gasteiger partial charge in [0, 0.05) is 13.0 Å².